The van der Waals surface area contributed by atoms with Crippen molar-refractivity contribution in [2.75, 3.05) is 6.54 Å². The van der Waals surface area contributed by atoms with E-state index in [2.05, 4.69) is 5.32 Å². The zero-order valence-electron chi connectivity index (χ0n) is 15.2. The zero-order valence-corrected chi connectivity index (χ0v) is 16.8. The summed E-state index contributed by atoms with van der Waals surface area (Å²) in [6.07, 6.45) is 2.11. The fraction of sp³-hybridized carbons (Fsp3) is 0.368. The number of rotatable bonds is 8. The van der Waals surface area contributed by atoms with Crippen LogP contribution in [0.25, 0.3) is 6.08 Å². The number of hydrogen-bond acceptors (Lipinski definition) is 5. The maximum absolute atomic E-state index is 12.5. The van der Waals surface area contributed by atoms with E-state index >= 15 is 0 Å². The molecule has 2 rings (SSSR count). The molecule has 0 aliphatic carbocycles. The van der Waals surface area contributed by atoms with Crippen molar-refractivity contribution in [1.82, 2.24) is 10.2 Å². The first kappa shape index (κ1) is 21.1. The molecule has 27 heavy (non-hydrogen) atoms. The lowest BCUT2D eigenvalue weighted by Gasteiger charge is -2.18. The second-order valence-electron chi connectivity index (χ2n) is 6.58. The maximum atomic E-state index is 12.5. The number of carboxylic acid groups (broad SMARTS) is 1. The van der Waals surface area contributed by atoms with Gasteiger partial charge in [0.2, 0.25) is 5.91 Å². The first-order valence-electron chi connectivity index (χ1n) is 8.60. The first-order chi connectivity index (χ1) is 12.8. The molecule has 1 atom stereocenters. The molecule has 2 amide bonds. The lowest BCUT2D eigenvalue weighted by atomic mass is 10.0. The van der Waals surface area contributed by atoms with E-state index in [0.717, 1.165) is 5.56 Å². The highest BCUT2D eigenvalue weighted by Gasteiger charge is 2.32. The van der Waals surface area contributed by atoms with Gasteiger partial charge in [0.25, 0.3) is 5.91 Å². The Kier molecular flexibility index (Phi) is 7.55. The number of carbonyl (C=O) groups is 3. The molecule has 0 spiro atoms. The zero-order chi connectivity index (χ0) is 20.0. The molecule has 1 aromatic rings. The van der Waals surface area contributed by atoms with Gasteiger partial charge in [0.1, 0.15) is 10.4 Å². The number of aliphatic carboxylic acids is 1. The molecule has 1 aromatic carbocycles. The van der Waals surface area contributed by atoms with Crippen LogP contribution in [-0.2, 0) is 14.4 Å². The molecular weight excluding hydrogens is 384 g/mol. The van der Waals surface area contributed by atoms with E-state index in [1.54, 1.807) is 6.08 Å². The predicted molar refractivity (Wildman–Crippen MR) is 110 cm³/mol. The molecule has 0 aromatic heterocycles. The summed E-state index contributed by atoms with van der Waals surface area (Å²) in [7, 11) is 0. The summed E-state index contributed by atoms with van der Waals surface area (Å²) in [6.45, 7) is 3.90. The number of carbonyl (C=O) groups excluding carboxylic acids is 2. The standard InChI is InChI=1S/C19H22N2O4S2/c1-12(2)10-14(18(24)25)20-16(22)8-9-21-17(23)15(27-19(21)26)11-13-6-4-3-5-7-13/h3-7,11-12,14H,8-10H2,1-2H3,(H,20,22)(H,24,25)/b15-11+/t14-/m1/s1. The number of thioether (sulfide) groups is 1. The van der Waals surface area contributed by atoms with Gasteiger partial charge >= 0.3 is 5.97 Å². The fourth-order valence-electron chi connectivity index (χ4n) is 2.57. The number of hydrogen-bond donors (Lipinski definition) is 2. The van der Waals surface area contributed by atoms with E-state index < -0.39 is 17.9 Å². The van der Waals surface area contributed by atoms with E-state index in [0.29, 0.717) is 15.6 Å². The van der Waals surface area contributed by atoms with Gasteiger partial charge in [0, 0.05) is 13.0 Å². The van der Waals surface area contributed by atoms with Gasteiger partial charge in [0.15, 0.2) is 0 Å². The highest BCUT2D eigenvalue weighted by atomic mass is 32.2. The topological polar surface area (TPSA) is 86.7 Å². The van der Waals surface area contributed by atoms with Gasteiger partial charge in [0.05, 0.1) is 4.91 Å². The smallest absolute Gasteiger partial charge is 0.326 e. The van der Waals surface area contributed by atoms with Crippen LogP contribution >= 0.6 is 24.0 Å². The molecule has 1 saturated heterocycles. The van der Waals surface area contributed by atoms with Crippen LogP contribution in [-0.4, -0.2) is 44.7 Å². The van der Waals surface area contributed by atoms with Crippen molar-refractivity contribution in [1.29, 1.82) is 0 Å². The van der Waals surface area contributed by atoms with Crippen LogP contribution in [0.3, 0.4) is 0 Å². The SMILES string of the molecule is CC(C)C[C@@H](NC(=O)CCN1C(=O)/C(=C\c2ccccc2)SC1=S)C(=O)O. The quantitative estimate of drug-likeness (QED) is 0.510. The Morgan fingerprint density at radius 1 is 1.30 bits per heavy atom. The summed E-state index contributed by atoms with van der Waals surface area (Å²) in [5, 5.41) is 11.7. The molecule has 0 unspecified atom stereocenters. The van der Waals surface area contributed by atoms with E-state index in [1.807, 2.05) is 44.2 Å². The molecule has 2 N–H and O–H groups in total. The first-order valence-corrected chi connectivity index (χ1v) is 9.83. The summed E-state index contributed by atoms with van der Waals surface area (Å²) < 4.78 is 0.395. The number of benzene rings is 1. The number of nitrogens with zero attached hydrogens (tertiary/aromatic N) is 1. The second kappa shape index (κ2) is 9.66. The summed E-state index contributed by atoms with van der Waals surface area (Å²) >= 11 is 6.45. The van der Waals surface area contributed by atoms with Crippen LogP contribution in [0.5, 0.6) is 0 Å². The minimum atomic E-state index is -1.06. The molecule has 8 heteroatoms. The minimum Gasteiger partial charge on any atom is -0.480 e. The largest absolute Gasteiger partial charge is 0.480 e. The average molecular weight is 407 g/mol. The van der Waals surface area contributed by atoms with Crippen molar-refractivity contribution in [3.8, 4) is 0 Å². The number of amides is 2. The van der Waals surface area contributed by atoms with Crippen molar-refractivity contribution in [3.63, 3.8) is 0 Å². The monoisotopic (exact) mass is 406 g/mol. The normalized spacial score (nSPS) is 16.9. The third-order valence-corrected chi connectivity index (χ3v) is 5.25. The van der Waals surface area contributed by atoms with Gasteiger partial charge in [-0.3, -0.25) is 14.5 Å². The van der Waals surface area contributed by atoms with E-state index in [1.165, 1.54) is 16.7 Å². The van der Waals surface area contributed by atoms with Crippen LogP contribution in [0.1, 0.15) is 32.3 Å². The number of carboxylic acids is 1. The second-order valence-corrected chi connectivity index (χ2v) is 8.26. The van der Waals surface area contributed by atoms with Crippen molar-refractivity contribution >= 4 is 52.2 Å². The van der Waals surface area contributed by atoms with Gasteiger partial charge in [-0.2, -0.15) is 0 Å². The van der Waals surface area contributed by atoms with Crippen LogP contribution < -0.4 is 5.32 Å². The van der Waals surface area contributed by atoms with Crippen LogP contribution in [0.2, 0.25) is 0 Å². The summed E-state index contributed by atoms with van der Waals surface area (Å²) in [5.74, 6) is -1.57. The summed E-state index contributed by atoms with van der Waals surface area (Å²) in [5.41, 5.74) is 0.897. The highest BCUT2D eigenvalue weighted by molar-refractivity contribution is 8.26. The summed E-state index contributed by atoms with van der Waals surface area (Å²) in [4.78, 5) is 37.8. The molecule has 144 valence electrons. The summed E-state index contributed by atoms with van der Waals surface area (Å²) in [6, 6.07) is 8.51. The Labute approximate surface area is 168 Å². The lowest BCUT2D eigenvalue weighted by molar-refractivity contribution is -0.142. The third-order valence-electron chi connectivity index (χ3n) is 3.87. The van der Waals surface area contributed by atoms with Gasteiger partial charge < -0.3 is 10.4 Å². The van der Waals surface area contributed by atoms with Gasteiger partial charge in [-0.15, -0.1) is 0 Å². The highest BCUT2D eigenvalue weighted by Crippen LogP contribution is 2.32. The van der Waals surface area contributed by atoms with Crippen LogP contribution in [0.15, 0.2) is 35.2 Å². The van der Waals surface area contributed by atoms with Crippen LogP contribution in [0.4, 0.5) is 0 Å². The Morgan fingerprint density at radius 3 is 2.56 bits per heavy atom. The number of nitrogens with one attached hydrogen (secondary N) is 1. The van der Waals surface area contributed by atoms with Crippen molar-refractivity contribution < 1.29 is 19.5 Å². The molecular formula is C19H22N2O4S2. The lowest BCUT2D eigenvalue weighted by Crippen LogP contribution is -2.43. The van der Waals surface area contributed by atoms with Crippen molar-refractivity contribution in [2.45, 2.75) is 32.7 Å². The van der Waals surface area contributed by atoms with E-state index in [4.69, 9.17) is 12.2 Å². The molecule has 0 radical (unpaired) electrons. The predicted octanol–water partition coefficient (Wildman–Crippen LogP) is 2.89. The fourth-order valence-corrected chi connectivity index (χ4v) is 3.87. The Morgan fingerprint density at radius 2 is 1.96 bits per heavy atom. The Hall–Kier alpha value is -2.19. The molecule has 6 nitrogen and oxygen atoms in total. The average Bonchev–Trinajstić information content (AvgIpc) is 2.86. The van der Waals surface area contributed by atoms with E-state index in [9.17, 15) is 19.5 Å². The molecule has 0 saturated carbocycles. The molecule has 1 heterocycles. The maximum Gasteiger partial charge on any atom is 0.326 e. The number of thiocarbonyl (C=S) groups is 1. The Balaban J connectivity index is 1.94. The molecule has 1 aliphatic rings. The van der Waals surface area contributed by atoms with Crippen molar-refractivity contribution in [2.24, 2.45) is 5.92 Å². The van der Waals surface area contributed by atoms with Gasteiger partial charge in [-0.25, -0.2) is 4.79 Å². The van der Waals surface area contributed by atoms with Crippen LogP contribution in [0, 0.1) is 5.92 Å². The van der Waals surface area contributed by atoms with Gasteiger partial charge in [-0.05, 0) is 24.0 Å². The van der Waals surface area contributed by atoms with E-state index in [-0.39, 0.29) is 24.8 Å². The van der Waals surface area contributed by atoms with Gasteiger partial charge in [-0.1, -0.05) is 68.2 Å². The molecule has 1 fully saturated rings. The molecule has 0 bridgehead atoms. The minimum absolute atomic E-state index is 0.00701. The third kappa shape index (κ3) is 6.18. The van der Waals surface area contributed by atoms with Crippen molar-refractivity contribution in [3.05, 3.63) is 40.8 Å². The Bertz CT molecular complexity index is 762. The molecule has 1 aliphatic heterocycles.